The number of amides is 1. The van der Waals surface area contributed by atoms with Gasteiger partial charge in [0.05, 0.1) is 6.61 Å². The van der Waals surface area contributed by atoms with Crippen molar-refractivity contribution in [1.82, 2.24) is 4.98 Å². The second-order valence-corrected chi connectivity index (χ2v) is 3.63. The van der Waals surface area contributed by atoms with Gasteiger partial charge in [0.1, 0.15) is 5.69 Å². The van der Waals surface area contributed by atoms with E-state index in [0.29, 0.717) is 26.0 Å². The van der Waals surface area contributed by atoms with E-state index >= 15 is 0 Å². The Balaban J connectivity index is 2.33. The van der Waals surface area contributed by atoms with Crippen LogP contribution in [0.5, 0.6) is 0 Å². The molecule has 18 heavy (non-hydrogen) atoms. The number of hydrogen-bond acceptors (Lipinski definition) is 5. The van der Waals surface area contributed by atoms with Crippen molar-refractivity contribution in [2.75, 3.05) is 18.5 Å². The second-order valence-electron chi connectivity index (χ2n) is 3.63. The number of carbonyl (C=O) groups is 2. The smallest absolute Gasteiger partial charge is 0.305 e. The number of rotatable bonds is 7. The summed E-state index contributed by atoms with van der Waals surface area (Å²) in [7, 11) is 0. The Hall–Kier alpha value is -2.11. The van der Waals surface area contributed by atoms with Crippen molar-refractivity contribution in [1.29, 1.82) is 0 Å². The molecule has 0 aromatic carbocycles. The Labute approximate surface area is 106 Å². The summed E-state index contributed by atoms with van der Waals surface area (Å²) in [5.41, 5.74) is 6.09. The van der Waals surface area contributed by atoms with Crippen molar-refractivity contribution in [3.05, 3.63) is 24.0 Å². The molecule has 0 radical (unpaired) electrons. The van der Waals surface area contributed by atoms with Crippen molar-refractivity contribution < 1.29 is 14.3 Å². The Morgan fingerprint density at radius 1 is 1.50 bits per heavy atom. The van der Waals surface area contributed by atoms with Gasteiger partial charge in [-0.15, -0.1) is 0 Å². The standard InChI is InChI=1S/C12H17N3O3/c1-2-18-11(16)4-3-6-14-9-5-7-15-10(8-9)12(13)17/h5,7-8H,2-4,6H2,1H3,(H2,13,17)(H,14,15). The van der Waals surface area contributed by atoms with Crippen LogP contribution in [0, 0.1) is 0 Å². The molecule has 3 N–H and O–H groups in total. The Morgan fingerprint density at radius 2 is 2.28 bits per heavy atom. The molecule has 1 heterocycles. The molecule has 0 aliphatic rings. The number of anilines is 1. The molecular formula is C12H17N3O3. The molecular weight excluding hydrogens is 234 g/mol. The molecule has 1 aromatic heterocycles. The Kier molecular flexibility index (Phi) is 5.63. The largest absolute Gasteiger partial charge is 0.466 e. The van der Waals surface area contributed by atoms with E-state index < -0.39 is 5.91 Å². The third kappa shape index (κ3) is 4.82. The molecule has 0 aliphatic heterocycles. The fourth-order valence-corrected chi connectivity index (χ4v) is 1.37. The van der Waals surface area contributed by atoms with Gasteiger partial charge in [0.2, 0.25) is 0 Å². The van der Waals surface area contributed by atoms with Crippen molar-refractivity contribution in [2.45, 2.75) is 19.8 Å². The van der Waals surface area contributed by atoms with Crippen LogP contribution in [0.1, 0.15) is 30.3 Å². The number of nitrogens with one attached hydrogen (secondary N) is 1. The van der Waals surface area contributed by atoms with Crippen LogP contribution in [0.2, 0.25) is 0 Å². The van der Waals surface area contributed by atoms with E-state index in [-0.39, 0.29) is 11.7 Å². The molecule has 0 spiro atoms. The van der Waals surface area contributed by atoms with Gasteiger partial charge in [-0.2, -0.15) is 0 Å². The fourth-order valence-electron chi connectivity index (χ4n) is 1.37. The van der Waals surface area contributed by atoms with E-state index in [1.165, 1.54) is 6.20 Å². The average Bonchev–Trinajstić information content (AvgIpc) is 2.35. The van der Waals surface area contributed by atoms with Crippen LogP contribution in [0.4, 0.5) is 5.69 Å². The maximum absolute atomic E-state index is 11.1. The van der Waals surface area contributed by atoms with Crippen molar-refractivity contribution in [2.24, 2.45) is 5.73 Å². The molecule has 0 saturated heterocycles. The van der Waals surface area contributed by atoms with E-state index in [1.54, 1.807) is 19.1 Å². The number of ether oxygens (including phenoxy) is 1. The summed E-state index contributed by atoms with van der Waals surface area (Å²) >= 11 is 0. The highest BCUT2D eigenvalue weighted by Crippen LogP contribution is 2.07. The van der Waals surface area contributed by atoms with Crippen LogP contribution in [-0.4, -0.2) is 30.0 Å². The summed E-state index contributed by atoms with van der Waals surface area (Å²) in [5.74, 6) is -0.767. The van der Waals surface area contributed by atoms with Gasteiger partial charge >= 0.3 is 5.97 Å². The van der Waals surface area contributed by atoms with Gasteiger partial charge in [0.25, 0.3) is 5.91 Å². The summed E-state index contributed by atoms with van der Waals surface area (Å²) in [6.07, 6.45) is 2.54. The Morgan fingerprint density at radius 3 is 2.94 bits per heavy atom. The maximum atomic E-state index is 11.1. The van der Waals surface area contributed by atoms with Crippen LogP contribution in [-0.2, 0) is 9.53 Å². The summed E-state index contributed by atoms with van der Waals surface area (Å²) in [4.78, 5) is 25.8. The lowest BCUT2D eigenvalue weighted by atomic mass is 10.2. The quantitative estimate of drug-likeness (QED) is 0.555. The molecule has 0 fully saturated rings. The molecule has 0 bridgehead atoms. The summed E-state index contributed by atoms with van der Waals surface area (Å²) in [6.45, 7) is 2.79. The fraction of sp³-hybridized carbons (Fsp3) is 0.417. The summed E-state index contributed by atoms with van der Waals surface area (Å²) in [5, 5.41) is 3.08. The lowest BCUT2D eigenvalue weighted by molar-refractivity contribution is -0.143. The molecule has 0 unspecified atom stereocenters. The van der Waals surface area contributed by atoms with E-state index in [1.807, 2.05) is 0 Å². The summed E-state index contributed by atoms with van der Waals surface area (Å²) < 4.78 is 4.81. The topological polar surface area (TPSA) is 94.3 Å². The number of primary amides is 1. The molecule has 1 amide bonds. The molecule has 98 valence electrons. The van der Waals surface area contributed by atoms with Gasteiger partial charge in [-0.1, -0.05) is 0 Å². The lowest BCUT2D eigenvalue weighted by Crippen LogP contribution is -2.13. The third-order valence-electron chi connectivity index (χ3n) is 2.20. The summed E-state index contributed by atoms with van der Waals surface area (Å²) in [6, 6.07) is 3.31. The predicted octanol–water partition coefficient (Wildman–Crippen LogP) is 0.936. The van der Waals surface area contributed by atoms with E-state index in [4.69, 9.17) is 10.5 Å². The number of aromatic nitrogens is 1. The zero-order valence-corrected chi connectivity index (χ0v) is 10.3. The zero-order valence-electron chi connectivity index (χ0n) is 10.3. The van der Waals surface area contributed by atoms with Gasteiger partial charge in [-0.05, 0) is 25.5 Å². The highest BCUT2D eigenvalue weighted by Gasteiger charge is 2.03. The normalized spacial score (nSPS) is 9.83. The van der Waals surface area contributed by atoms with Gasteiger partial charge in [-0.25, -0.2) is 0 Å². The average molecular weight is 251 g/mol. The van der Waals surface area contributed by atoms with Crippen molar-refractivity contribution in [3.63, 3.8) is 0 Å². The number of nitrogens with two attached hydrogens (primary N) is 1. The third-order valence-corrected chi connectivity index (χ3v) is 2.20. The van der Waals surface area contributed by atoms with Gasteiger partial charge in [0.15, 0.2) is 0 Å². The first kappa shape index (κ1) is 14.0. The number of pyridine rings is 1. The van der Waals surface area contributed by atoms with Crippen LogP contribution in [0.25, 0.3) is 0 Å². The van der Waals surface area contributed by atoms with Crippen molar-refractivity contribution in [3.8, 4) is 0 Å². The van der Waals surface area contributed by atoms with Crippen LogP contribution in [0.3, 0.4) is 0 Å². The van der Waals surface area contributed by atoms with Gasteiger partial charge in [0, 0.05) is 24.8 Å². The minimum absolute atomic E-state index is 0.202. The first-order valence-corrected chi connectivity index (χ1v) is 5.79. The zero-order chi connectivity index (χ0) is 13.4. The highest BCUT2D eigenvalue weighted by atomic mass is 16.5. The monoisotopic (exact) mass is 251 g/mol. The number of esters is 1. The first-order chi connectivity index (χ1) is 8.63. The molecule has 6 nitrogen and oxygen atoms in total. The Bertz CT molecular complexity index is 421. The number of hydrogen-bond donors (Lipinski definition) is 2. The molecule has 6 heteroatoms. The molecule has 0 atom stereocenters. The minimum Gasteiger partial charge on any atom is -0.466 e. The lowest BCUT2D eigenvalue weighted by Gasteiger charge is -2.06. The minimum atomic E-state index is -0.565. The van der Waals surface area contributed by atoms with E-state index in [0.717, 1.165) is 5.69 Å². The second kappa shape index (κ2) is 7.26. The van der Waals surface area contributed by atoms with Crippen molar-refractivity contribution >= 4 is 17.6 Å². The SMILES string of the molecule is CCOC(=O)CCCNc1ccnc(C(N)=O)c1. The number of nitrogens with zero attached hydrogens (tertiary/aromatic N) is 1. The molecule has 0 saturated carbocycles. The van der Waals surface area contributed by atoms with Gasteiger partial charge < -0.3 is 15.8 Å². The highest BCUT2D eigenvalue weighted by molar-refractivity contribution is 5.91. The first-order valence-electron chi connectivity index (χ1n) is 5.79. The molecule has 0 aliphatic carbocycles. The van der Waals surface area contributed by atoms with E-state index in [2.05, 4.69) is 10.3 Å². The van der Waals surface area contributed by atoms with Crippen LogP contribution >= 0.6 is 0 Å². The maximum Gasteiger partial charge on any atom is 0.305 e. The molecule has 1 aromatic rings. The van der Waals surface area contributed by atoms with E-state index in [9.17, 15) is 9.59 Å². The van der Waals surface area contributed by atoms with Crippen LogP contribution < -0.4 is 11.1 Å². The van der Waals surface area contributed by atoms with Gasteiger partial charge in [-0.3, -0.25) is 14.6 Å². The molecule has 1 rings (SSSR count). The number of carbonyl (C=O) groups excluding carboxylic acids is 2. The predicted molar refractivity (Wildman–Crippen MR) is 67.1 cm³/mol. The van der Waals surface area contributed by atoms with Crippen LogP contribution in [0.15, 0.2) is 18.3 Å².